The molecule has 0 unspecified atom stereocenters. The fourth-order valence-electron chi connectivity index (χ4n) is 2.71. The smallest absolute Gasteiger partial charge is 0.185 e. The van der Waals surface area contributed by atoms with E-state index in [9.17, 15) is 4.79 Å². The predicted molar refractivity (Wildman–Crippen MR) is 110 cm³/mol. The molecule has 0 spiro atoms. The van der Waals surface area contributed by atoms with Gasteiger partial charge in [-0.2, -0.15) is 0 Å². The summed E-state index contributed by atoms with van der Waals surface area (Å²) >= 11 is 6.17. The highest BCUT2D eigenvalue weighted by atomic mass is 35.5. The Labute approximate surface area is 169 Å². The zero-order valence-corrected chi connectivity index (χ0v) is 16.7. The van der Waals surface area contributed by atoms with E-state index in [4.69, 9.17) is 25.5 Å². The highest BCUT2D eigenvalue weighted by Gasteiger charge is 2.07. The molecule has 0 bridgehead atoms. The van der Waals surface area contributed by atoms with E-state index in [2.05, 4.69) is 0 Å². The van der Waals surface area contributed by atoms with Crippen LogP contribution in [0.25, 0.3) is 6.08 Å². The molecule has 0 aliphatic carbocycles. The molecule has 0 fully saturated rings. The summed E-state index contributed by atoms with van der Waals surface area (Å²) in [5.41, 5.74) is 2.52. The quantitative estimate of drug-likeness (QED) is 0.361. The van der Waals surface area contributed by atoms with Crippen molar-refractivity contribution in [1.29, 1.82) is 0 Å². The van der Waals surface area contributed by atoms with Gasteiger partial charge in [-0.25, -0.2) is 0 Å². The van der Waals surface area contributed by atoms with Crippen molar-refractivity contribution in [2.45, 2.75) is 20.5 Å². The van der Waals surface area contributed by atoms with E-state index >= 15 is 0 Å². The largest absolute Gasteiger partial charge is 0.497 e. The standard InChI is InChI=1S/C23H21ClO4/c1-15-12-21(13-16(2)23(15)24)27-14-20-9-8-19(28-20)10-11-22(25)17-4-6-18(26-3)7-5-17/h4-13H,14H2,1-3H3/b11-10+. The van der Waals surface area contributed by atoms with Gasteiger partial charge in [0.1, 0.15) is 29.6 Å². The van der Waals surface area contributed by atoms with Crippen LogP contribution in [0.1, 0.15) is 33.0 Å². The first kappa shape index (κ1) is 19.8. The number of halogens is 1. The lowest BCUT2D eigenvalue weighted by Gasteiger charge is -2.08. The van der Waals surface area contributed by atoms with Crippen LogP contribution in [0.4, 0.5) is 0 Å². The maximum atomic E-state index is 12.2. The van der Waals surface area contributed by atoms with E-state index < -0.39 is 0 Å². The molecule has 3 aromatic rings. The maximum absolute atomic E-state index is 12.2. The molecule has 28 heavy (non-hydrogen) atoms. The second-order valence-corrected chi connectivity index (χ2v) is 6.77. The number of rotatable bonds is 7. The lowest BCUT2D eigenvalue weighted by molar-refractivity contribution is 0.104. The Bertz CT molecular complexity index is 977. The van der Waals surface area contributed by atoms with Crippen LogP contribution in [0.5, 0.6) is 11.5 Å². The van der Waals surface area contributed by atoms with Gasteiger partial charge in [-0.1, -0.05) is 11.6 Å². The summed E-state index contributed by atoms with van der Waals surface area (Å²) < 4.78 is 16.6. The molecule has 0 aliphatic heterocycles. The van der Waals surface area contributed by atoms with Gasteiger partial charge in [-0.05, 0) is 85.7 Å². The van der Waals surface area contributed by atoms with Crippen molar-refractivity contribution in [2.75, 3.05) is 7.11 Å². The molecular weight excluding hydrogens is 376 g/mol. The Morgan fingerprint density at radius 1 is 1.04 bits per heavy atom. The van der Waals surface area contributed by atoms with Gasteiger partial charge < -0.3 is 13.9 Å². The van der Waals surface area contributed by atoms with Crippen molar-refractivity contribution in [3.63, 3.8) is 0 Å². The molecule has 0 saturated carbocycles. The maximum Gasteiger partial charge on any atom is 0.185 e. The summed E-state index contributed by atoms with van der Waals surface area (Å²) in [5.74, 6) is 2.60. The summed E-state index contributed by atoms with van der Waals surface area (Å²) in [5, 5.41) is 0.749. The Morgan fingerprint density at radius 3 is 2.36 bits per heavy atom. The SMILES string of the molecule is COc1ccc(C(=O)/C=C/c2ccc(COc3cc(C)c(Cl)c(C)c3)o2)cc1. The molecule has 0 amide bonds. The summed E-state index contributed by atoms with van der Waals surface area (Å²) in [7, 11) is 1.59. The fraction of sp³-hybridized carbons (Fsp3) is 0.174. The van der Waals surface area contributed by atoms with Crippen LogP contribution in [0.15, 0.2) is 59.0 Å². The first-order valence-electron chi connectivity index (χ1n) is 8.81. The zero-order valence-electron chi connectivity index (χ0n) is 16.0. The molecule has 0 atom stereocenters. The average molecular weight is 397 g/mol. The van der Waals surface area contributed by atoms with Crippen LogP contribution in [0.3, 0.4) is 0 Å². The normalized spacial score (nSPS) is 11.0. The van der Waals surface area contributed by atoms with Gasteiger partial charge in [0.2, 0.25) is 0 Å². The molecule has 3 rings (SSSR count). The molecule has 4 nitrogen and oxygen atoms in total. The minimum atomic E-state index is -0.107. The average Bonchev–Trinajstić information content (AvgIpc) is 3.16. The molecule has 144 valence electrons. The third-order valence-electron chi connectivity index (χ3n) is 4.25. The van der Waals surface area contributed by atoms with Crippen molar-refractivity contribution < 1.29 is 18.7 Å². The summed E-state index contributed by atoms with van der Waals surface area (Å²) in [6, 6.07) is 14.4. The second-order valence-electron chi connectivity index (χ2n) is 6.39. The summed E-state index contributed by atoms with van der Waals surface area (Å²) in [4.78, 5) is 12.2. The van der Waals surface area contributed by atoms with Gasteiger partial charge in [0.15, 0.2) is 5.78 Å². The molecule has 2 aromatic carbocycles. The first-order chi connectivity index (χ1) is 13.5. The number of ether oxygens (including phenoxy) is 2. The van der Waals surface area contributed by atoms with Crippen LogP contribution in [-0.2, 0) is 6.61 Å². The van der Waals surface area contributed by atoms with E-state index in [1.807, 2.05) is 32.0 Å². The lowest BCUT2D eigenvalue weighted by atomic mass is 10.1. The molecule has 0 saturated heterocycles. The van der Waals surface area contributed by atoms with Crippen molar-refractivity contribution in [3.05, 3.63) is 87.8 Å². The summed E-state index contributed by atoms with van der Waals surface area (Å²) in [6.07, 6.45) is 3.13. The van der Waals surface area contributed by atoms with Gasteiger partial charge in [-0.3, -0.25) is 4.79 Å². The van der Waals surface area contributed by atoms with E-state index in [1.54, 1.807) is 43.5 Å². The number of aryl methyl sites for hydroxylation is 2. The van der Waals surface area contributed by atoms with Gasteiger partial charge >= 0.3 is 0 Å². The Hall–Kier alpha value is -2.98. The predicted octanol–water partition coefficient (Wildman–Crippen LogP) is 6.03. The van der Waals surface area contributed by atoms with Crippen LogP contribution < -0.4 is 9.47 Å². The van der Waals surface area contributed by atoms with E-state index in [-0.39, 0.29) is 5.78 Å². The number of benzene rings is 2. The highest BCUT2D eigenvalue weighted by molar-refractivity contribution is 6.32. The number of ketones is 1. The van der Waals surface area contributed by atoms with Crippen molar-refractivity contribution in [1.82, 2.24) is 0 Å². The van der Waals surface area contributed by atoms with Gasteiger partial charge in [0, 0.05) is 10.6 Å². The molecule has 0 aliphatic rings. The zero-order chi connectivity index (χ0) is 20.1. The molecule has 1 heterocycles. The topological polar surface area (TPSA) is 48.7 Å². The number of carbonyl (C=O) groups excluding carboxylic acids is 1. The number of allylic oxidation sites excluding steroid dienone is 1. The second kappa shape index (κ2) is 8.81. The van der Waals surface area contributed by atoms with E-state index in [1.165, 1.54) is 6.08 Å². The van der Waals surface area contributed by atoms with Crippen LogP contribution in [0.2, 0.25) is 5.02 Å². The number of furan rings is 1. The summed E-state index contributed by atoms with van der Waals surface area (Å²) in [6.45, 7) is 4.18. The third-order valence-corrected chi connectivity index (χ3v) is 4.84. The van der Waals surface area contributed by atoms with Crippen LogP contribution in [0, 0.1) is 13.8 Å². The van der Waals surface area contributed by atoms with E-state index in [0.29, 0.717) is 29.4 Å². The molecule has 0 N–H and O–H groups in total. The van der Waals surface area contributed by atoms with Crippen LogP contribution in [-0.4, -0.2) is 12.9 Å². The number of carbonyl (C=O) groups is 1. The van der Waals surface area contributed by atoms with Gasteiger partial charge in [-0.15, -0.1) is 0 Å². The number of hydrogen-bond acceptors (Lipinski definition) is 4. The monoisotopic (exact) mass is 396 g/mol. The molecule has 1 aromatic heterocycles. The number of hydrogen-bond donors (Lipinski definition) is 0. The molecule has 0 radical (unpaired) electrons. The Kier molecular flexibility index (Phi) is 6.22. The molecule has 5 heteroatoms. The minimum Gasteiger partial charge on any atom is -0.497 e. The minimum absolute atomic E-state index is 0.107. The first-order valence-corrected chi connectivity index (χ1v) is 9.19. The van der Waals surface area contributed by atoms with Crippen molar-refractivity contribution >= 4 is 23.5 Å². The van der Waals surface area contributed by atoms with Crippen molar-refractivity contribution in [2.24, 2.45) is 0 Å². The highest BCUT2D eigenvalue weighted by Crippen LogP contribution is 2.26. The Balaban J connectivity index is 1.60. The lowest BCUT2D eigenvalue weighted by Crippen LogP contribution is -1.95. The third kappa shape index (κ3) is 4.84. The fourth-order valence-corrected chi connectivity index (χ4v) is 2.82. The van der Waals surface area contributed by atoms with Crippen LogP contribution >= 0.6 is 11.6 Å². The number of methoxy groups -OCH3 is 1. The van der Waals surface area contributed by atoms with Gasteiger partial charge in [0.05, 0.1) is 7.11 Å². The van der Waals surface area contributed by atoms with Crippen molar-refractivity contribution in [3.8, 4) is 11.5 Å². The molecular formula is C23H21ClO4. The van der Waals surface area contributed by atoms with E-state index in [0.717, 1.165) is 21.9 Å². The Morgan fingerprint density at radius 2 is 1.71 bits per heavy atom. The van der Waals surface area contributed by atoms with Gasteiger partial charge in [0.25, 0.3) is 0 Å².